The third-order valence-electron chi connectivity index (χ3n) is 4.58. The number of para-hydroxylation sites is 1. The Morgan fingerprint density at radius 3 is 2.29 bits per heavy atom. The molecule has 1 saturated heterocycles. The number of amides is 2. The highest BCUT2D eigenvalue weighted by molar-refractivity contribution is 7.12. The van der Waals surface area contributed by atoms with Crippen molar-refractivity contribution in [3.8, 4) is 5.75 Å². The molecule has 1 fully saturated rings. The third-order valence-corrected chi connectivity index (χ3v) is 5.44. The van der Waals surface area contributed by atoms with Crippen molar-refractivity contribution < 1.29 is 18.7 Å². The van der Waals surface area contributed by atoms with Crippen LogP contribution < -0.4 is 4.74 Å². The van der Waals surface area contributed by atoms with Crippen molar-refractivity contribution in [2.75, 3.05) is 26.2 Å². The van der Waals surface area contributed by atoms with Gasteiger partial charge in [-0.05, 0) is 35.7 Å². The fourth-order valence-electron chi connectivity index (χ4n) is 3.07. The highest BCUT2D eigenvalue weighted by Crippen LogP contribution is 2.17. The van der Waals surface area contributed by atoms with Crippen molar-refractivity contribution in [2.45, 2.75) is 6.61 Å². The van der Waals surface area contributed by atoms with Gasteiger partial charge < -0.3 is 19.0 Å². The summed E-state index contributed by atoms with van der Waals surface area (Å²) in [7, 11) is 0. The number of benzene rings is 1. The molecule has 2 amide bonds. The van der Waals surface area contributed by atoms with Gasteiger partial charge in [0.2, 0.25) is 0 Å². The predicted octanol–water partition coefficient (Wildman–Crippen LogP) is 3.52. The number of rotatable bonds is 5. The molecule has 2 aromatic heterocycles. The Morgan fingerprint density at radius 2 is 1.61 bits per heavy atom. The number of hydrogen-bond donors (Lipinski definition) is 0. The van der Waals surface area contributed by atoms with Crippen molar-refractivity contribution >= 4 is 23.2 Å². The maximum atomic E-state index is 12.7. The van der Waals surface area contributed by atoms with E-state index in [0.717, 1.165) is 10.6 Å². The Morgan fingerprint density at radius 1 is 0.893 bits per heavy atom. The summed E-state index contributed by atoms with van der Waals surface area (Å²) in [5, 5.41) is 1.89. The van der Waals surface area contributed by atoms with Gasteiger partial charge in [0.05, 0.1) is 4.88 Å². The number of furan rings is 1. The number of piperazine rings is 1. The molecule has 0 aliphatic carbocycles. The molecule has 6 nitrogen and oxygen atoms in total. The van der Waals surface area contributed by atoms with Gasteiger partial charge in [0.25, 0.3) is 11.8 Å². The molecule has 28 heavy (non-hydrogen) atoms. The van der Waals surface area contributed by atoms with Crippen LogP contribution in [0.15, 0.2) is 64.4 Å². The fourth-order valence-corrected chi connectivity index (χ4v) is 3.76. The van der Waals surface area contributed by atoms with Gasteiger partial charge in [0.1, 0.15) is 18.1 Å². The summed E-state index contributed by atoms with van der Waals surface area (Å²) >= 11 is 1.44. The summed E-state index contributed by atoms with van der Waals surface area (Å²) in [6.45, 7) is 2.29. The second-order valence-corrected chi connectivity index (χ2v) is 7.38. The highest BCUT2D eigenvalue weighted by Gasteiger charge is 2.27. The molecule has 1 aliphatic heterocycles. The number of carbonyl (C=O) groups is 2. The van der Waals surface area contributed by atoms with Crippen molar-refractivity contribution in [3.05, 3.63) is 76.4 Å². The Labute approximate surface area is 166 Å². The maximum absolute atomic E-state index is 12.7. The van der Waals surface area contributed by atoms with Crippen LogP contribution in [0.3, 0.4) is 0 Å². The summed E-state index contributed by atoms with van der Waals surface area (Å²) in [5.74, 6) is 1.51. The summed E-state index contributed by atoms with van der Waals surface area (Å²) in [5.41, 5.74) is 0. The minimum absolute atomic E-state index is 0.0282. The first kappa shape index (κ1) is 18.3. The van der Waals surface area contributed by atoms with Crippen molar-refractivity contribution in [3.63, 3.8) is 0 Å². The van der Waals surface area contributed by atoms with E-state index >= 15 is 0 Å². The van der Waals surface area contributed by atoms with E-state index in [1.807, 2.05) is 47.8 Å². The molecule has 3 heterocycles. The highest BCUT2D eigenvalue weighted by atomic mass is 32.1. The molecular weight excluding hydrogens is 376 g/mol. The number of ether oxygens (including phenoxy) is 1. The second-order valence-electron chi connectivity index (χ2n) is 6.43. The van der Waals surface area contributed by atoms with Gasteiger partial charge in [0.15, 0.2) is 5.76 Å². The molecular formula is C21H20N2O4S. The monoisotopic (exact) mass is 396 g/mol. The molecule has 1 aliphatic rings. The lowest BCUT2D eigenvalue weighted by Gasteiger charge is -2.34. The predicted molar refractivity (Wildman–Crippen MR) is 106 cm³/mol. The van der Waals surface area contributed by atoms with Crippen molar-refractivity contribution in [1.82, 2.24) is 9.80 Å². The zero-order valence-electron chi connectivity index (χ0n) is 15.2. The quantitative estimate of drug-likeness (QED) is 0.662. The van der Waals surface area contributed by atoms with Crippen molar-refractivity contribution in [1.29, 1.82) is 0 Å². The van der Waals surface area contributed by atoms with E-state index in [-0.39, 0.29) is 18.4 Å². The number of carbonyl (C=O) groups excluding carboxylic acids is 2. The Hall–Kier alpha value is -3.06. The minimum Gasteiger partial charge on any atom is -0.486 e. The van der Waals surface area contributed by atoms with Gasteiger partial charge in [-0.1, -0.05) is 24.3 Å². The van der Waals surface area contributed by atoms with Crippen LogP contribution in [0.5, 0.6) is 5.75 Å². The van der Waals surface area contributed by atoms with E-state index < -0.39 is 0 Å². The van der Waals surface area contributed by atoms with Crippen LogP contribution in [-0.2, 0) is 6.61 Å². The number of thiophene rings is 1. The summed E-state index contributed by atoms with van der Waals surface area (Å²) in [4.78, 5) is 29.3. The van der Waals surface area contributed by atoms with Gasteiger partial charge in [-0.3, -0.25) is 9.59 Å². The van der Waals surface area contributed by atoms with Crippen LogP contribution in [-0.4, -0.2) is 47.8 Å². The molecule has 0 unspecified atom stereocenters. The molecule has 7 heteroatoms. The first-order valence-electron chi connectivity index (χ1n) is 9.09. The van der Waals surface area contributed by atoms with Gasteiger partial charge in [0, 0.05) is 26.2 Å². The molecule has 0 bridgehead atoms. The summed E-state index contributed by atoms with van der Waals surface area (Å²) < 4.78 is 11.3. The number of hydrogen-bond acceptors (Lipinski definition) is 5. The van der Waals surface area contributed by atoms with Crippen molar-refractivity contribution in [2.24, 2.45) is 0 Å². The fraction of sp³-hybridized carbons (Fsp3) is 0.238. The molecule has 0 N–H and O–H groups in total. The Kier molecular flexibility index (Phi) is 5.43. The molecule has 0 atom stereocenters. The minimum atomic E-state index is -0.158. The lowest BCUT2D eigenvalue weighted by Crippen LogP contribution is -2.50. The lowest BCUT2D eigenvalue weighted by atomic mass is 10.2. The Balaban J connectivity index is 1.30. The average Bonchev–Trinajstić information content (AvgIpc) is 3.44. The van der Waals surface area contributed by atoms with Crippen LogP contribution in [0.1, 0.15) is 26.0 Å². The smallest absolute Gasteiger partial charge is 0.289 e. The SMILES string of the molecule is O=C(c1ccc(COc2ccccc2)o1)N1CCN(C(=O)c2cccs2)CC1. The molecule has 4 rings (SSSR count). The topological polar surface area (TPSA) is 63.0 Å². The standard InChI is InChI=1S/C21H20N2O4S/c24-20(18-9-8-17(27-18)15-26-16-5-2-1-3-6-16)22-10-12-23(13-11-22)21(25)19-7-4-14-28-19/h1-9,14H,10-13,15H2. The molecule has 3 aromatic rings. The second kappa shape index (κ2) is 8.31. The normalized spacial score (nSPS) is 14.1. The third kappa shape index (κ3) is 4.09. The molecule has 1 aromatic carbocycles. The van der Waals surface area contributed by atoms with Gasteiger partial charge >= 0.3 is 0 Å². The zero-order chi connectivity index (χ0) is 19.3. The van der Waals surface area contributed by atoms with Gasteiger partial charge in [-0.25, -0.2) is 0 Å². The molecule has 0 radical (unpaired) electrons. The lowest BCUT2D eigenvalue weighted by molar-refractivity contribution is 0.0518. The zero-order valence-corrected chi connectivity index (χ0v) is 16.1. The van der Waals surface area contributed by atoms with E-state index in [4.69, 9.17) is 9.15 Å². The Bertz CT molecular complexity index is 928. The molecule has 0 saturated carbocycles. The van der Waals surface area contributed by atoms with Gasteiger partial charge in [-0.2, -0.15) is 0 Å². The van der Waals surface area contributed by atoms with Crippen LogP contribution in [0.25, 0.3) is 0 Å². The first-order chi connectivity index (χ1) is 13.7. The van der Waals surface area contributed by atoms with E-state index in [1.54, 1.807) is 21.9 Å². The van der Waals surface area contributed by atoms with Gasteiger partial charge in [-0.15, -0.1) is 11.3 Å². The number of nitrogens with zero attached hydrogens (tertiary/aromatic N) is 2. The maximum Gasteiger partial charge on any atom is 0.289 e. The first-order valence-corrected chi connectivity index (χ1v) is 9.97. The molecule has 144 valence electrons. The average molecular weight is 396 g/mol. The molecule has 0 spiro atoms. The summed E-state index contributed by atoms with van der Waals surface area (Å²) in [6, 6.07) is 16.6. The van der Waals surface area contributed by atoms with E-state index in [9.17, 15) is 9.59 Å². The van der Waals surface area contributed by atoms with Crippen LogP contribution in [0, 0.1) is 0 Å². The summed E-state index contributed by atoms with van der Waals surface area (Å²) in [6.07, 6.45) is 0. The largest absolute Gasteiger partial charge is 0.486 e. The van der Waals surface area contributed by atoms with E-state index in [1.165, 1.54) is 11.3 Å². The van der Waals surface area contributed by atoms with E-state index in [0.29, 0.717) is 37.7 Å². The van der Waals surface area contributed by atoms with E-state index in [2.05, 4.69) is 0 Å². The van der Waals surface area contributed by atoms with Crippen LogP contribution in [0.4, 0.5) is 0 Å². The van der Waals surface area contributed by atoms with Crippen LogP contribution in [0.2, 0.25) is 0 Å². The van der Waals surface area contributed by atoms with Crippen LogP contribution >= 0.6 is 11.3 Å².